The summed E-state index contributed by atoms with van der Waals surface area (Å²) >= 11 is 0. The molecule has 0 radical (unpaired) electrons. The fourth-order valence-electron chi connectivity index (χ4n) is 2.13. The molecule has 6 heteroatoms. The molecule has 0 atom stereocenters. The Bertz CT molecular complexity index is 531. The maximum absolute atomic E-state index is 12.4. The topological polar surface area (TPSA) is 58.2 Å². The van der Waals surface area contributed by atoms with Crippen LogP contribution in [0.25, 0.3) is 0 Å². The number of hydrogen-bond donors (Lipinski definition) is 2. The van der Waals surface area contributed by atoms with E-state index in [1.165, 1.54) is 0 Å². The molecule has 4 nitrogen and oxygen atoms in total. The Hall–Kier alpha value is -0.620. The van der Waals surface area contributed by atoms with Gasteiger partial charge < -0.3 is 5.32 Å². The third kappa shape index (κ3) is 4.45. The van der Waals surface area contributed by atoms with Crippen molar-refractivity contribution in [2.24, 2.45) is 0 Å². The Balaban J connectivity index is 0.00000361. The zero-order valence-electron chi connectivity index (χ0n) is 12.8. The summed E-state index contributed by atoms with van der Waals surface area (Å²) in [6.07, 6.45) is 0.776. The van der Waals surface area contributed by atoms with Crippen LogP contribution in [0, 0.1) is 27.7 Å². The second kappa shape index (κ2) is 7.98. The van der Waals surface area contributed by atoms with Gasteiger partial charge in [-0.1, -0.05) is 6.07 Å². The quantitative estimate of drug-likeness (QED) is 0.790. The lowest BCUT2D eigenvalue weighted by atomic mass is 10.0. The fourth-order valence-corrected chi connectivity index (χ4v) is 3.81. The lowest BCUT2D eigenvalue weighted by Gasteiger charge is -2.16. The molecule has 0 aliphatic carbocycles. The molecule has 0 aliphatic rings. The zero-order valence-corrected chi connectivity index (χ0v) is 14.5. The van der Waals surface area contributed by atoms with Gasteiger partial charge in [0.15, 0.2) is 0 Å². The van der Waals surface area contributed by atoms with E-state index in [1.54, 1.807) is 0 Å². The average molecular weight is 321 g/mol. The minimum absolute atomic E-state index is 0. The van der Waals surface area contributed by atoms with Crippen LogP contribution in [0.5, 0.6) is 0 Å². The molecule has 0 heterocycles. The molecule has 1 rings (SSSR count). The number of aryl methyl sites for hydroxylation is 2. The largest absolute Gasteiger partial charge is 0.320 e. The SMILES string of the molecule is CNCCCNS(=O)(=O)c1c(C)c(C)cc(C)c1C.Cl. The van der Waals surface area contributed by atoms with E-state index in [0.29, 0.717) is 11.4 Å². The molecule has 116 valence electrons. The highest BCUT2D eigenvalue weighted by molar-refractivity contribution is 7.89. The Morgan fingerprint density at radius 2 is 1.50 bits per heavy atom. The fraction of sp³-hybridized carbons (Fsp3) is 0.571. The minimum atomic E-state index is -3.42. The van der Waals surface area contributed by atoms with Crippen molar-refractivity contribution in [2.45, 2.75) is 39.0 Å². The lowest BCUT2D eigenvalue weighted by Crippen LogP contribution is -2.28. The second-order valence-corrected chi connectivity index (χ2v) is 6.65. The van der Waals surface area contributed by atoms with Crippen LogP contribution in [0.2, 0.25) is 0 Å². The highest BCUT2D eigenvalue weighted by Crippen LogP contribution is 2.25. The summed E-state index contributed by atoms with van der Waals surface area (Å²) < 4.78 is 27.5. The third-order valence-corrected chi connectivity index (χ3v) is 5.20. The first-order valence-electron chi connectivity index (χ1n) is 6.53. The second-order valence-electron chi connectivity index (χ2n) is 4.94. The summed E-state index contributed by atoms with van der Waals surface area (Å²) in [5, 5.41) is 3.00. The molecule has 0 unspecified atom stereocenters. The van der Waals surface area contributed by atoms with Crippen LogP contribution in [0.15, 0.2) is 11.0 Å². The van der Waals surface area contributed by atoms with E-state index in [4.69, 9.17) is 0 Å². The highest BCUT2D eigenvalue weighted by Gasteiger charge is 2.21. The number of hydrogen-bond acceptors (Lipinski definition) is 3. The lowest BCUT2D eigenvalue weighted by molar-refractivity contribution is 0.575. The van der Waals surface area contributed by atoms with Crippen molar-refractivity contribution in [1.82, 2.24) is 10.0 Å². The molecular formula is C14H25ClN2O2S. The molecule has 2 N–H and O–H groups in total. The van der Waals surface area contributed by atoms with Gasteiger partial charge in [0.05, 0.1) is 4.90 Å². The van der Waals surface area contributed by atoms with Crippen LogP contribution in [-0.4, -0.2) is 28.6 Å². The molecule has 0 saturated heterocycles. The molecule has 0 saturated carbocycles. The van der Waals surface area contributed by atoms with Gasteiger partial charge in [0.1, 0.15) is 0 Å². The number of sulfonamides is 1. The van der Waals surface area contributed by atoms with Gasteiger partial charge in [-0.2, -0.15) is 0 Å². The minimum Gasteiger partial charge on any atom is -0.320 e. The molecule has 0 amide bonds. The van der Waals surface area contributed by atoms with Crippen molar-refractivity contribution in [3.8, 4) is 0 Å². The van der Waals surface area contributed by atoms with Crippen LogP contribution in [0.4, 0.5) is 0 Å². The molecule has 0 fully saturated rings. The first kappa shape index (κ1) is 19.4. The van der Waals surface area contributed by atoms with Gasteiger partial charge in [-0.05, 0) is 70.0 Å². The summed E-state index contributed by atoms with van der Waals surface area (Å²) in [6.45, 7) is 8.87. The molecule has 0 aromatic heterocycles. The summed E-state index contributed by atoms with van der Waals surface area (Å²) in [7, 11) is -1.57. The number of rotatable bonds is 6. The molecule has 1 aromatic carbocycles. The van der Waals surface area contributed by atoms with Gasteiger partial charge in [-0.25, -0.2) is 13.1 Å². The van der Waals surface area contributed by atoms with Gasteiger partial charge in [0, 0.05) is 6.54 Å². The van der Waals surface area contributed by atoms with Crippen molar-refractivity contribution >= 4 is 22.4 Å². The van der Waals surface area contributed by atoms with Crippen molar-refractivity contribution in [3.05, 3.63) is 28.3 Å². The predicted octanol–water partition coefficient (Wildman–Crippen LogP) is 2.23. The van der Waals surface area contributed by atoms with Crippen molar-refractivity contribution in [1.29, 1.82) is 0 Å². The molecule has 20 heavy (non-hydrogen) atoms. The number of halogens is 1. The van der Waals surface area contributed by atoms with Gasteiger partial charge in [0.25, 0.3) is 0 Å². The zero-order chi connectivity index (χ0) is 14.6. The van der Waals surface area contributed by atoms with E-state index >= 15 is 0 Å². The summed E-state index contributed by atoms with van der Waals surface area (Å²) in [4.78, 5) is 0.439. The van der Waals surface area contributed by atoms with E-state index in [0.717, 1.165) is 35.2 Å². The molecule has 1 aromatic rings. The molecule has 0 bridgehead atoms. The van der Waals surface area contributed by atoms with Gasteiger partial charge in [-0.3, -0.25) is 0 Å². The van der Waals surface area contributed by atoms with Crippen molar-refractivity contribution in [2.75, 3.05) is 20.1 Å². The van der Waals surface area contributed by atoms with Crippen LogP contribution in [0.1, 0.15) is 28.7 Å². The average Bonchev–Trinajstić information content (AvgIpc) is 2.32. The van der Waals surface area contributed by atoms with Crippen molar-refractivity contribution < 1.29 is 8.42 Å². The molecular weight excluding hydrogens is 296 g/mol. The first-order valence-corrected chi connectivity index (χ1v) is 8.01. The van der Waals surface area contributed by atoms with Crippen LogP contribution < -0.4 is 10.0 Å². The van der Waals surface area contributed by atoms with Crippen molar-refractivity contribution in [3.63, 3.8) is 0 Å². The Morgan fingerprint density at radius 1 is 1.00 bits per heavy atom. The standard InChI is InChI=1S/C14H24N2O2S.ClH/c1-10-9-11(2)13(4)14(12(10)3)19(17,18)16-8-6-7-15-5;/h9,15-16H,6-8H2,1-5H3;1H. The first-order chi connectivity index (χ1) is 8.81. The Morgan fingerprint density at radius 3 is 1.95 bits per heavy atom. The van der Waals surface area contributed by atoms with Crippen LogP contribution in [-0.2, 0) is 10.0 Å². The van der Waals surface area contributed by atoms with Gasteiger partial charge in [-0.15, -0.1) is 12.4 Å². The van der Waals surface area contributed by atoms with E-state index in [-0.39, 0.29) is 12.4 Å². The van der Waals surface area contributed by atoms with E-state index < -0.39 is 10.0 Å². The van der Waals surface area contributed by atoms with Gasteiger partial charge in [0.2, 0.25) is 10.0 Å². The summed E-state index contributed by atoms with van der Waals surface area (Å²) in [5.74, 6) is 0. The molecule has 0 spiro atoms. The maximum Gasteiger partial charge on any atom is 0.241 e. The van der Waals surface area contributed by atoms with E-state index in [1.807, 2.05) is 40.8 Å². The smallest absolute Gasteiger partial charge is 0.241 e. The maximum atomic E-state index is 12.4. The van der Waals surface area contributed by atoms with Crippen LogP contribution in [0.3, 0.4) is 0 Å². The van der Waals surface area contributed by atoms with E-state index in [2.05, 4.69) is 10.0 Å². The molecule has 0 aliphatic heterocycles. The predicted molar refractivity (Wildman–Crippen MR) is 86.4 cm³/mol. The van der Waals surface area contributed by atoms with Gasteiger partial charge >= 0.3 is 0 Å². The Kier molecular flexibility index (Phi) is 7.73. The van der Waals surface area contributed by atoms with Crippen LogP contribution >= 0.6 is 12.4 Å². The highest BCUT2D eigenvalue weighted by atomic mass is 35.5. The summed E-state index contributed by atoms with van der Waals surface area (Å²) in [6, 6.07) is 2.03. The Labute approximate surface area is 128 Å². The van der Waals surface area contributed by atoms with E-state index in [9.17, 15) is 8.42 Å². The normalized spacial score (nSPS) is 11.2. The third-order valence-electron chi connectivity index (χ3n) is 3.46. The number of benzene rings is 1. The number of nitrogens with one attached hydrogen (secondary N) is 2. The monoisotopic (exact) mass is 320 g/mol. The summed E-state index contributed by atoms with van der Waals surface area (Å²) in [5.41, 5.74) is 3.70.